The molecule has 4 heteroatoms. The van der Waals surface area contributed by atoms with E-state index in [1.54, 1.807) is 12.1 Å². The van der Waals surface area contributed by atoms with Crippen LogP contribution in [-0.4, -0.2) is 6.04 Å². The minimum absolute atomic E-state index is 0.173. The lowest BCUT2D eigenvalue weighted by Crippen LogP contribution is -2.26. The normalized spacial score (nSPS) is 12.4. The summed E-state index contributed by atoms with van der Waals surface area (Å²) in [5, 5.41) is 0.433. The van der Waals surface area contributed by atoms with E-state index in [2.05, 4.69) is 15.9 Å². The Morgan fingerprint density at radius 3 is 2.53 bits per heavy atom. The highest BCUT2D eigenvalue weighted by atomic mass is 79.9. The molecule has 19 heavy (non-hydrogen) atoms. The molecule has 2 aromatic carbocycles. The summed E-state index contributed by atoms with van der Waals surface area (Å²) in [6, 6.07) is 12.4. The zero-order valence-corrected chi connectivity index (χ0v) is 12.6. The lowest BCUT2D eigenvalue weighted by Gasteiger charge is -2.14. The van der Waals surface area contributed by atoms with E-state index in [1.807, 2.05) is 24.3 Å². The monoisotopic (exact) mass is 341 g/mol. The van der Waals surface area contributed by atoms with E-state index in [1.165, 1.54) is 6.07 Å². The van der Waals surface area contributed by atoms with Gasteiger partial charge in [0.15, 0.2) is 0 Å². The van der Waals surface area contributed by atoms with Gasteiger partial charge in [-0.1, -0.05) is 51.8 Å². The van der Waals surface area contributed by atoms with Crippen LogP contribution in [0.25, 0.3) is 0 Å². The number of nitrogens with two attached hydrogens (primary N) is 1. The van der Waals surface area contributed by atoms with Gasteiger partial charge in [-0.2, -0.15) is 0 Å². The second kappa shape index (κ2) is 6.51. The smallest absolute Gasteiger partial charge is 0.127 e. The topological polar surface area (TPSA) is 26.0 Å². The average Bonchev–Trinajstić information content (AvgIpc) is 2.37. The Balaban J connectivity index is 2.10. The van der Waals surface area contributed by atoms with Gasteiger partial charge in [-0.25, -0.2) is 4.39 Å². The molecule has 0 aliphatic carbocycles. The minimum atomic E-state index is -0.296. The third kappa shape index (κ3) is 3.78. The molecule has 1 nitrogen and oxygen atoms in total. The van der Waals surface area contributed by atoms with Crippen molar-refractivity contribution in [2.75, 3.05) is 0 Å². The Kier molecular flexibility index (Phi) is 4.97. The maximum atomic E-state index is 13.7. The Labute approximate surface area is 125 Å². The minimum Gasteiger partial charge on any atom is -0.327 e. The number of benzene rings is 2. The summed E-state index contributed by atoms with van der Waals surface area (Å²) in [6.45, 7) is 0. The van der Waals surface area contributed by atoms with Gasteiger partial charge in [0.1, 0.15) is 5.82 Å². The lowest BCUT2D eigenvalue weighted by atomic mass is 9.99. The first kappa shape index (κ1) is 14.5. The molecule has 0 aliphatic heterocycles. The molecule has 1 unspecified atom stereocenters. The molecule has 0 aromatic heterocycles. The predicted octanol–water partition coefficient (Wildman–Crippen LogP) is 4.35. The maximum Gasteiger partial charge on any atom is 0.127 e. The van der Waals surface area contributed by atoms with Crippen molar-refractivity contribution in [1.29, 1.82) is 0 Å². The fraction of sp³-hybridized carbons (Fsp3) is 0.200. The molecule has 0 fully saturated rings. The van der Waals surface area contributed by atoms with Gasteiger partial charge in [0, 0.05) is 21.1 Å². The quantitative estimate of drug-likeness (QED) is 0.878. The first-order chi connectivity index (χ1) is 9.08. The van der Waals surface area contributed by atoms with Crippen molar-refractivity contribution in [3.63, 3.8) is 0 Å². The Morgan fingerprint density at radius 2 is 1.84 bits per heavy atom. The fourth-order valence-corrected chi connectivity index (χ4v) is 2.69. The van der Waals surface area contributed by atoms with Crippen molar-refractivity contribution in [3.05, 3.63) is 68.9 Å². The van der Waals surface area contributed by atoms with E-state index >= 15 is 0 Å². The molecule has 100 valence electrons. The SMILES string of the molecule is NC(Cc1ccccc1Br)Cc1c(F)cccc1Cl. The van der Waals surface area contributed by atoms with Crippen molar-refractivity contribution in [1.82, 2.24) is 0 Å². The molecule has 0 amide bonds. The van der Waals surface area contributed by atoms with Crippen LogP contribution in [0.2, 0.25) is 5.02 Å². The van der Waals surface area contributed by atoms with Crippen LogP contribution < -0.4 is 5.73 Å². The third-order valence-corrected chi connectivity index (χ3v) is 4.10. The average molecular weight is 343 g/mol. The van der Waals surface area contributed by atoms with E-state index in [0.29, 0.717) is 23.4 Å². The molecule has 0 heterocycles. The van der Waals surface area contributed by atoms with E-state index in [0.717, 1.165) is 10.0 Å². The molecule has 0 aliphatic rings. The largest absolute Gasteiger partial charge is 0.327 e. The molecule has 1 atom stereocenters. The predicted molar refractivity (Wildman–Crippen MR) is 80.9 cm³/mol. The molecule has 0 saturated heterocycles. The van der Waals surface area contributed by atoms with E-state index in [9.17, 15) is 4.39 Å². The van der Waals surface area contributed by atoms with Gasteiger partial charge in [-0.05, 0) is 36.6 Å². The van der Waals surface area contributed by atoms with Crippen molar-refractivity contribution < 1.29 is 4.39 Å². The summed E-state index contributed by atoms with van der Waals surface area (Å²) < 4.78 is 14.7. The molecule has 0 spiro atoms. The molecule has 0 radical (unpaired) electrons. The van der Waals surface area contributed by atoms with E-state index in [-0.39, 0.29) is 11.9 Å². The standard InChI is InChI=1S/C15H14BrClFN/c16-13-5-2-1-4-10(13)8-11(19)9-12-14(17)6-3-7-15(12)18/h1-7,11H,8-9,19H2. The first-order valence-corrected chi connectivity index (χ1v) is 7.17. The van der Waals surface area contributed by atoms with Crippen LogP contribution >= 0.6 is 27.5 Å². The van der Waals surface area contributed by atoms with Crippen LogP contribution in [0, 0.1) is 5.82 Å². The molecule has 0 bridgehead atoms. The Bertz CT molecular complexity index is 554. The zero-order chi connectivity index (χ0) is 13.8. The summed E-state index contributed by atoms with van der Waals surface area (Å²) >= 11 is 9.49. The molecule has 2 N–H and O–H groups in total. The summed E-state index contributed by atoms with van der Waals surface area (Å²) in [4.78, 5) is 0. The van der Waals surface area contributed by atoms with Crippen LogP contribution in [0.1, 0.15) is 11.1 Å². The highest BCUT2D eigenvalue weighted by Gasteiger charge is 2.13. The molecule has 2 aromatic rings. The molecule has 0 saturated carbocycles. The van der Waals surface area contributed by atoms with Crippen molar-refractivity contribution in [2.24, 2.45) is 5.73 Å². The summed E-state index contributed by atoms with van der Waals surface area (Å²) in [5.41, 5.74) is 7.70. The van der Waals surface area contributed by atoms with E-state index in [4.69, 9.17) is 17.3 Å². The van der Waals surface area contributed by atoms with E-state index < -0.39 is 0 Å². The summed E-state index contributed by atoms with van der Waals surface area (Å²) in [5.74, 6) is -0.296. The molecular weight excluding hydrogens is 329 g/mol. The van der Waals surface area contributed by atoms with Gasteiger partial charge in [0.25, 0.3) is 0 Å². The summed E-state index contributed by atoms with van der Waals surface area (Å²) in [7, 11) is 0. The van der Waals surface area contributed by atoms with Crippen LogP contribution in [0.3, 0.4) is 0 Å². The summed E-state index contributed by atoms with van der Waals surface area (Å²) in [6.07, 6.45) is 1.10. The van der Waals surface area contributed by atoms with Gasteiger partial charge >= 0.3 is 0 Å². The van der Waals surface area contributed by atoms with Crippen LogP contribution in [-0.2, 0) is 12.8 Å². The van der Waals surface area contributed by atoms with Crippen molar-refractivity contribution >= 4 is 27.5 Å². The molecular formula is C15H14BrClFN. The van der Waals surface area contributed by atoms with Crippen molar-refractivity contribution in [3.8, 4) is 0 Å². The van der Waals surface area contributed by atoms with Crippen LogP contribution in [0.15, 0.2) is 46.9 Å². The third-order valence-electron chi connectivity index (χ3n) is 2.97. The van der Waals surface area contributed by atoms with Crippen LogP contribution in [0.5, 0.6) is 0 Å². The van der Waals surface area contributed by atoms with Crippen LogP contribution in [0.4, 0.5) is 4.39 Å². The second-order valence-electron chi connectivity index (χ2n) is 4.46. The Morgan fingerprint density at radius 1 is 1.11 bits per heavy atom. The zero-order valence-electron chi connectivity index (χ0n) is 10.2. The first-order valence-electron chi connectivity index (χ1n) is 6.00. The highest BCUT2D eigenvalue weighted by Crippen LogP contribution is 2.22. The van der Waals surface area contributed by atoms with Gasteiger partial charge in [-0.15, -0.1) is 0 Å². The lowest BCUT2D eigenvalue weighted by molar-refractivity contribution is 0.584. The molecule has 2 rings (SSSR count). The van der Waals surface area contributed by atoms with Crippen molar-refractivity contribution in [2.45, 2.75) is 18.9 Å². The number of hydrogen-bond acceptors (Lipinski definition) is 1. The van der Waals surface area contributed by atoms with Gasteiger partial charge in [0.2, 0.25) is 0 Å². The fourth-order valence-electron chi connectivity index (χ4n) is 2.01. The Hall–Kier alpha value is -0.900. The highest BCUT2D eigenvalue weighted by molar-refractivity contribution is 9.10. The number of halogens is 3. The number of rotatable bonds is 4. The number of hydrogen-bond donors (Lipinski definition) is 1. The second-order valence-corrected chi connectivity index (χ2v) is 5.72. The van der Waals surface area contributed by atoms with Gasteiger partial charge in [0.05, 0.1) is 0 Å². The maximum absolute atomic E-state index is 13.7. The van der Waals surface area contributed by atoms with Gasteiger partial charge in [-0.3, -0.25) is 0 Å². The van der Waals surface area contributed by atoms with Gasteiger partial charge < -0.3 is 5.73 Å².